The lowest BCUT2D eigenvalue weighted by atomic mass is 10.1. The summed E-state index contributed by atoms with van der Waals surface area (Å²) in [6, 6.07) is 7.91. The molecule has 1 aromatic heterocycles. The summed E-state index contributed by atoms with van der Waals surface area (Å²) in [6.07, 6.45) is 1.79. The van der Waals surface area contributed by atoms with E-state index in [2.05, 4.69) is 26.7 Å². The highest BCUT2D eigenvalue weighted by molar-refractivity contribution is 5.97. The number of hydrazine groups is 2. The maximum atomic E-state index is 4.31. The summed E-state index contributed by atoms with van der Waals surface area (Å²) < 4.78 is 0. The van der Waals surface area contributed by atoms with Crippen molar-refractivity contribution in [3.63, 3.8) is 0 Å². The van der Waals surface area contributed by atoms with E-state index in [-0.39, 0.29) is 0 Å². The van der Waals surface area contributed by atoms with Crippen LogP contribution in [-0.4, -0.2) is 19.1 Å². The molecule has 2 rings (SSSR count). The van der Waals surface area contributed by atoms with Crippen LogP contribution in [0.25, 0.3) is 10.9 Å². The molecular formula is C11H15N5. The zero-order valence-electron chi connectivity index (χ0n) is 9.33. The molecule has 1 heterocycles. The van der Waals surface area contributed by atoms with E-state index in [0.29, 0.717) is 0 Å². The van der Waals surface area contributed by atoms with Gasteiger partial charge in [0.05, 0.1) is 16.9 Å². The van der Waals surface area contributed by atoms with Crippen molar-refractivity contribution >= 4 is 22.3 Å². The Morgan fingerprint density at radius 2 is 1.81 bits per heavy atom. The van der Waals surface area contributed by atoms with Crippen molar-refractivity contribution in [1.29, 1.82) is 0 Å². The van der Waals surface area contributed by atoms with Crippen LogP contribution in [0, 0.1) is 0 Å². The van der Waals surface area contributed by atoms with Crippen LogP contribution in [0.5, 0.6) is 0 Å². The summed E-state index contributed by atoms with van der Waals surface area (Å²) in [5.41, 5.74) is 14.9. The van der Waals surface area contributed by atoms with Gasteiger partial charge in [-0.1, -0.05) is 0 Å². The molecule has 84 valence electrons. The van der Waals surface area contributed by atoms with Crippen molar-refractivity contribution < 1.29 is 0 Å². The maximum Gasteiger partial charge on any atom is 0.0828 e. The van der Waals surface area contributed by atoms with Crippen LogP contribution in [0.2, 0.25) is 0 Å². The van der Waals surface area contributed by atoms with Crippen LogP contribution < -0.4 is 21.7 Å². The Labute approximate surface area is 94.2 Å². The zero-order chi connectivity index (χ0) is 11.4. The van der Waals surface area contributed by atoms with E-state index >= 15 is 0 Å². The standard InChI is InChI=1S/C11H15N5/c1-12-15-10-6-5-9-8(4-3-7-14-9)11(10)16-13-2/h3-7,12-13,15-16H,1-2H3. The van der Waals surface area contributed by atoms with Crippen LogP contribution >= 0.6 is 0 Å². The zero-order valence-corrected chi connectivity index (χ0v) is 9.33. The topological polar surface area (TPSA) is 61.0 Å². The van der Waals surface area contributed by atoms with E-state index in [0.717, 1.165) is 22.3 Å². The number of anilines is 2. The summed E-state index contributed by atoms with van der Waals surface area (Å²) in [4.78, 5) is 4.31. The van der Waals surface area contributed by atoms with Crippen molar-refractivity contribution in [3.05, 3.63) is 30.5 Å². The minimum atomic E-state index is 0.960. The summed E-state index contributed by atoms with van der Waals surface area (Å²) >= 11 is 0. The highest BCUT2D eigenvalue weighted by Crippen LogP contribution is 2.29. The Bertz CT molecular complexity index is 483. The molecule has 0 unspecified atom stereocenters. The minimum Gasteiger partial charge on any atom is -0.320 e. The molecule has 5 heteroatoms. The first-order chi connectivity index (χ1) is 7.86. The second-order valence-corrected chi connectivity index (χ2v) is 3.31. The largest absolute Gasteiger partial charge is 0.320 e. The molecule has 2 aromatic rings. The van der Waals surface area contributed by atoms with Crippen molar-refractivity contribution in [3.8, 4) is 0 Å². The molecular weight excluding hydrogens is 202 g/mol. The number of nitrogens with one attached hydrogen (secondary N) is 4. The lowest BCUT2D eigenvalue weighted by molar-refractivity contribution is 0.964. The third-order valence-corrected chi connectivity index (χ3v) is 2.29. The molecule has 0 saturated carbocycles. The molecule has 0 saturated heterocycles. The monoisotopic (exact) mass is 217 g/mol. The Kier molecular flexibility index (Phi) is 3.19. The first kappa shape index (κ1) is 10.7. The maximum absolute atomic E-state index is 4.31. The minimum absolute atomic E-state index is 0.960. The van der Waals surface area contributed by atoms with E-state index in [1.807, 2.05) is 38.4 Å². The lowest BCUT2D eigenvalue weighted by Crippen LogP contribution is -2.20. The fraction of sp³-hybridized carbons (Fsp3) is 0.182. The fourth-order valence-corrected chi connectivity index (χ4v) is 1.65. The predicted octanol–water partition coefficient (Wildman–Crippen LogP) is 1.33. The smallest absolute Gasteiger partial charge is 0.0828 e. The van der Waals surface area contributed by atoms with Gasteiger partial charge in [-0.25, -0.2) is 10.9 Å². The van der Waals surface area contributed by atoms with Gasteiger partial charge < -0.3 is 10.9 Å². The van der Waals surface area contributed by atoms with Gasteiger partial charge in [0.1, 0.15) is 0 Å². The van der Waals surface area contributed by atoms with Gasteiger partial charge in [-0.15, -0.1) is 0 Å². The second kappa shape index (κ2) is 4.78. The third kappa shape index (κ3) is 1.91. The summed E-state index contributed by atoms with van der Waals surface area (Å²) in [5.74, 6) is 0. The predicted molar refractivity (Wildman–Crippen MR) is 67.1 cm³/mol. The summed E-state index contributed by atoms with van der Waals surface area (Å²) in [6.45, 7) is 0. The number of hydrogen-bond donors (Lipinski definition) is 4. The van der Waals surface area contributed by atoms with Gasteiger partial charge >= 0.3 is 0 Å². The van der Waals surface area contributed by atoms with Gasteiger partial charge in [-0.05, 0) is 24.3 Å². The van der Waals surface area contributed by atoms with Gasteiger partial charge in [0.15, 0.2) is 0 Å². The van der Waals surface area contributed by atoms with Crippen molar-refractivity contribution in [2.24, 2.45) is 0 Å². The van der Waals surface area contributed by atoms with Crippen LogP contribution in [0.15, 0.2) is 30.5 Å². The Morgan fingerprint density at radius 1 is 1.00 bits per heavy atom. The average Bonchev–Trinajstić information content (AvgIpc) is 2.32. The number of rotatable bonds is 4. The van der Waals surface area contributed by atoms with E-state index in [1.165, 1.54) is 0 Å². The molecule has 0 aliphatic heterocycles. The molecule has 0 spiro atoms. The lowest BCUT2D eigenvalue weighted by Gasteiger charge is -2.14. The quantitative estimate of drug-likeness (QED) is 0.582. The van der Waals surface area contributed by atoms with E-state index in [4.69, 9.17) is 0 Å². The van der Waals surface area contributed by atoms with Gasteiger partial charge in [0.25, 0.3) is 0 Å². The number of pyridine rings is 1. The van der Waals surface area contributed by atoms with Crippen LogP contribution in [-0.2, 0) is 0 Å². The number of benzene rings is 1. The molecule has 0 aliphatic rings. The molecule has 0 amide bonds. The number of hydrogen-bond acceptors (Lipinski definition) is 5. The van der Waals surface area contributed by atoms with Crippen molar-refractivity contribution in [2.45, 2.75) is 0 Å². The summed E-state index contributed by atoms with van der Waals surface area (Å²) in [5, 5.41) is 1.07. The Balaban J connectivity index is 2.58. The van der Waals surface area contributed by atoms with E-state index < -0.39 is 0 Å². The highest BCUT2D eigenvalue weighted by atomic mass is 15.4. The average molecular weight is 217 g/mol. The third-order valence-electron chi connectivity index (χ3n) is 2.29. The van der Waals surface area contributed by atoms with Crippen molar-refractivity contribution in [1.82, 2.24) is 15.8 Å². The first-order valence-electron chi connectivity index (χ1n) is 5.10. The van der Waals surface area contributed by atoms with Crippen LogP contribution in [0.1, 0.15) is 0 Å². The number of aromatic nitrogens is 1. The Morgan fingerprint density at radius 3 is 2.56 bits per heavy atom. The molecule has 16 heavy (non-hydrogen) atoms. The second-order valence-electron chi connectivity index (χ2n) is 3.31. The van der Waals surface area contributed by atoms with E-state index in [9.17, 15) is 0 Å². The van der Waals surface area contributed by atoms with Crippen molar-refractivity contribution in [2.75, 3.05) is 24.9 Å². The van der Waals surface area contributed by atoms with Crippen LogP contribution in [0.3, 0.4) is 0 Å². The molecule has 0 radical (unpaired) electrons. The summed E-state index contributed by atoms with van der Waals surface area (Å²) in [7, 11) is 3.66. The Hall–Kier alpha value is -1.85. The molecule has 0 bridgehead atoms. The van der Waals surface area contributed by atoms with Gasteiger partial charge in [-0.3, -0.25) is 4.98 Å². The molecule has 4 N–H and O–H groups in total. The molecule has 0 fully saturated rings. The highest BCUT2D eigenvalue weighted by Gasteiger charge is 2.06. The normalized spacial score (nSPS) is 10.4. The number of fused-ring (bicyclic) bond motifs is 1. The van der Waals surface area contributed by atoms with Crippen LogP contribution in [0.4, 0.5) is 11.4 Å². The SMILES string of the molecule is CNNc1ccc2ncccc2c1NNC. The van der Waals surface area contributed by atoms with Gasteiger partial charge in [0, 0.05) is 25.7 Å². The van der Waals surface area contributed by atoms with Gasteiger partial charge in [0.2, 0.25) is 0 Å². The molecule has 0 atom stereocenters. The molecule has 0 aliphatic carbocycles. The first-order valence-corrected chi connectivity index (χ1v) is 5.10. The fourth-order valence-electron chi connectivity index (χ4n) is 1.65. The molecule has 1 aromatic carbocycles. The number of nitrogens with zero attached hydrogens (tertiary/aromatic N) is 1. The van der Waals surface area contributed by atoms with E-state index in [1.54, 1.807) is 6.20 Å². The van der Waals surface area contributed by atoms with Gasteiger partial charge in [-0.2, -0.15) is 0 Å². The molecule has 5 nitrogen and oxygen atoms in total.